The molecule has 2 aromatic rings. The van der Waals surface area contributed by atoms with Crippen LogP contribution in [0.4, 0.5) is 19.0 Å². The van der Waals surface area contributed by atoms with E-state index in [0.29, 0.717) is 21.4 Å². The Hall–Kier alpha value is -2.84. The highest BCUT2D eigenvalue weighted by atomic mass is 35.5. The molecule has 2 aromatic carbocycles. The largest absolute Gasteiger partial charge is 0.416 e. The lowest BCUT2D eigenvalue weighted by Gasteiger charge is -2.13. The molecule has 10 heteroatoms. The summed E-state index contributed by atoms with van der Waals surface area (Å²) in [6, 6.07) is 9.92. The third-order valence-corrected chi connectivity index (χ3v) is 5.04. The van der Waals surface area contributed by atoms with Crippen LogP contribution in [0.15, 0.2) is 48.8 Å². The first kappa shape index (κ1) is 19.5. The summed E-state index contributed by atoms with van der Waals surface area (Å²) >= 11 is 12.5. The average Bonchev–Trinajstić information content (AvgIpc) is 3.12. The third kappa shape index (κ3) is 3.73. The van der Waals surface area contributed by atoms with E-state index in [0.717, 1.165) is 12.1 Å². The molecule has 0 saturated carbocycles. The first-order valence-corrected chi connectivity index (χ1v) is 9.08. The summed E-state index contributed by atoms with van der Waals surface area (Å²) in [5.41, 5.74) is 6.27. The fourth-order valence-corrected chi connectivity index (χ4v) is 3.40. The first-order valence-electron chi connectivity index (χ1n) is 8.33. The molecule has 0 atom stereocenters. The van der Waals surface area contributed by atoms with Gasteiger partial charge >= 0.3 is 6.18 Å². The highest BCUT2D eigenvalue weighted by molar-refractivity contribution is 6.36. The van der Waals surface area contributed by atoms with Gasteiger partial charge in [-0.1, -0.05) is 41.4 Å². The number of fused-ring (bicyclic) bond motifs is 1. The van der Waals surface area contributed by atoms with Gasteiger partial charge in [0.25, 0.3) is 0 Å². The van der Waals surface area contributed by atoms with Crippen LogP contribution in [-0.2, 0) is 12.7 Å². The summed E-state index contributed by atoms with van der Waals surface area (Å²) in [5.74, 6) is 0.595. The van der Waals surface area contributed by atoms with Crippen molar-refractivity contribution in [2.75, 3.05) is 5.73 Å². The number of aromatic nitrogens is 4. The van der Waals surface area contributed by atoms with Crippen molar-refractivity contribution in [3.05, 3.63) is 70.0 Å². The van der Waals surface area contributed by atoms with Crippen molar-refractivity contribution in [2.24, 2.45) is 0 Å². The highest BCUT2D eigenvalue weighted by Crippen LogP contribution is 2.34. The van der Waals surface area contributed by atoms with Crippen LogP contribution in [0.3, 0.4) is 0 Å². The molecule has 5 nitrogen and oxygen atoms in total. The minimum atomic E-state index is -4.47. The van der Waals surface area contributed by atoms with E-state index in [1.807, 2.05) is 0 Å². The number of hydrogen-bond acceptors (Lipinski definition) is 4. The Bertz CT molecular complexity index is 1150. The van der Waals surface area contributed by atoms with Gasteiger partial charge in [-0.3, -0.25) is 0 Å². The van der Waals surface area contributed by atoms with Crippen molar-refractivity contribution < 1.29 is 13.2 Å². The van der Waals surface area contributed by atoms with E-state index < -0.39 is 11.7 Å². The van der Waals surface area contributed by atoms with Crippen molar-refractivity contribution in [1.29, 1.82) is 0 Å². The Morgan fingerprint density at radius 3 is 2.38 bits per heavy atom. The van der Waals surface area contributed by atoms with Gasteiger partial charge in [0, 0.05) is 21.2 Å². The van der Waals surface area contributed by atoms with Crippen molar-refractivity contribution in [3.8, 4) is 22.9 Å². The zero-order valence-electron chi connectivity index (χ0n) is 14.6. The van der Waals surface area contributed by atoms with Gasteiger partial charge in [0.1, 0.15) is 0 Å². The number of hydrogen-bond donors (Lipinski definition) is 1. The summed E-state index contributed by atoms with van der Waals surface area (Å²) in [7, 11) is 0. The number of nitrogens with two attached hydrogens (primary N) is 1. The molecule has 0 bridgehead atoms. The van der Waals surface area contributed by atoms with Crippen LogP contribution >= 0.6 is 23.2 Å². The van der Waals surface area contributed by atoms with Gasteiger partial charge in [0.2, 0.25) is 0 Å². The molecule has 2 aliphatic rings. The smallest absolute Gasteiger partial charge is 0.382 e. The average molecular weight is 438 g/mol. The molecule has 0 aromatic heterocycles. The van der Waals surface area contributed by atoms with Crippen molar-refractivity contribution in [1.82, 2.24) is 19.5 Å². The van der Waals surface area contributed by atoms with E-state index in [4.69, 9.17) is 28.9 Å². The Balaban J connectivity index is 1.81. The van der Waals surface area contributed by atoms with Crippen LogP contribution in [0.25, 0.3) is 22.9 Å². The van der Waals surface area contributed by atoms with Gasteiger partial charge in [0.05, 0.1) is 18.4 Å². The van der Waals surface area contributed by atoms with E-state index in [9.17, 15) is 13.2 Å². The fraction of sp³-hybridized carbons (Fsp3) is 0.105. The van der Waals surface area contributed by atoms with Gasteiger partial charge in [-0.25, -0.2) is 15.0 Å². The minimum absolute atomic E-state index is 0.116. The monoisotopic (exact) mass is 437 g/mol. The van der Waals surface area contributed by atoms with E-state index in [1.165, 1.54) is 18.5 Å². The van der Waals surface area contributed by atoms with Crippen molar-refractivity contribution in [3.63, 3.8) is 0 Å². The third-order valence-electron chi connectivity index (χ3n) is 4.33. The summed E-state index contributed by atoms with van der Waals surface area (Å²) < 4.78 is 40.7. The number of nitrogen functional groups attached to an aromatic ring is 1. The topological polar surface area (TPSA) is 69.6 Å². The van der Waals surface area contributed by atoms with Gasteiger partial charge in [-0.05, 0) is 24.3 Å². The Morgan fingerprint density at radius 2 is 1.69 bits per heavy atom. The van der Waals surface area contributed by atoms with Gasteiger partial charge in [-0.2, -0.15) is 13.2 Å². The molecule has 0 radical (unpaired) electrons. The predicted molar refractivity (Wildman–Crippen MR) is 105 cm³/mol. The Kier molecular flexibility index (Phi) is 4.84. The maximum atomic E-state index is 13.0. The van der Waals surface area contributed by atoms with E-state index in [-0.39, 0.29) is 29.4 Å². The van der Waals surface area contributed by atoms with Crippen LogP contribution in [0.5, 0.6) is 0 Å². The van der Waals surface area contributed by atoms with Gasteiger partial charge < -0.3 is 10.3 Å². The molecule has 0 fully saturated rings. The maximum Gasteiger partial charge on any atom is 0.416 e. The van der Waals surface area contributed by atoms with Crippen molar-refractivity contribution in [2.45, 2.75) is 12.7 Å². The summed E-state index contributed by atoms with van der Waals surface area (Å²) in [5, 5.41) is 0.931. The molecular formula is C19H12Cl2F3N5. The molecule has 4 rings (SSSR count). The Labute approximate surface area is 173 Å². The molecule has 29 heavy (non-hydrogen) atoms. The molecule has 0 spiro atoms. The molecule has 2 aliphatic heterocycles. The molecule has 148 valence electrons. The molecule has 0 amide bonds. The quantitative estimate of drug-likeness (QED) is 0.465. The second-order valence-corrected chi connectivity index (χ2v) is 7.07. The van der Waals surface area contributed by atoms with E-state index >= 15 is 0 Å². The van der Waals surface area contributed by atoms with Gasteiger partial charge in [0.15, 0.2) is 23.2 Å². The second kappa shape index (κ2) is 7.20. The second-order valence-electron chi connectivity index (χ2n) is 6.26. The van der Waals surface area contributed by atoms with Crippen LogP contribution in [0.1, 0.15) is 11.1 Å². The maximum absolute atomic E-state index is 13.0. The molecule has 0 saturated heterocycles. The SMILES string of the molecule is Nc1ncn(Cc2c(Cl)cccc2Cl)c2nc(-c3cccc(C(F)(F)F)c3)nc1-2. The predicted octanol–water partition coefficient (Wildman–Crippen LogP) is 5.40. The number of benzene rings is 2. The van der Waals surface area contributed by atoms with E-state index in [2.05, 4.69) is 15.0 Å². The first-order chi connectivity index (χ1) is 13.7. The minimum Gasteiger partial charge on any atom is -0.382 e. The lowest BCUT2D eigenvalue weighted by molar-refractivity contribution is -0.137. The molecule has 2 heterocycles. The van der Waals surface area contributed by atoms with Gasteiger partial charge in [-0.15, -0.1) is 0 Å². The number of halogens is 5. The van der Waals surface area contributed by atoms with E-state index in [1.54, 1.807) is 22.8 Å². The highest BCUT2D eigenvalue weighted by Gasteiger charge is 2.31. The molecule has 0 unspecified atom stereocenters. The molecule has 0 aliphatic carbocycles. The fourth-order valence-electron chi connectivity index (χ4n) is 2.89. The van der Waals surface area contributed by atoms with Crippen LogP contribution in [0.2, 0.25) is 10.0 Å². The zero-order valence-corrected chi connectivity index (χ0v) is 16.1. The normalized spacial score (nSPS) is 11.9. The number of imidazole rings is 1. The number of anilines is 1. The summed E-state index contributed by atoms with van der Waals surface area (Å²) in [4.78, 5) is 12.8. The van der Waals surface area contributed by atoms with Crippen LogP contribution in [0, 0.1) is 0 Å². The summed E-state index contributed by atoms with van der Waals surface area (Å²) in [6.07, 6.45) is -3.01. The van der Waals surface area contributed by atoms with Crippen LogP contribution < -0.4 is 5.73 Å². The number of nitrogens with zero attached hydrogens (tertiary/aromatic N) is 4. The number of rotatable bonds is 3. The number of alkyl halides is 3. The lowest BCUT2D eigenvalue weighted by atomic mass is 10.1. The molecular weight excluding hydrogens is 426 g/mol. The standard InChI is InChI=1S/C19H12Cl2F3N5/c20-13-5-2-6-14(21)12(13)8-29-9-26-16(25)15-18(29)28-17(27-15)10-3-1-4-11(7-10)19(22,23)24/h1-7,9H,8,25H2. The zero-order chi connectivity index (χ0) is 20.8. The van der Waals surface area contributed by atoms with Crippen LogP contribution in [-0.4, -0.2) is 19.5 Å². The summed E-state index contributed by atoms with van der Waals surface area (Å²) in [6.45, 7) is 0.239. The van der Waals surface area contributed by atoms with Crippen molar-refractivity contribution >= 4 is 29.0 Å². The lowest BCUT2D eigenvalue weighted by Crippen LogP contribution is -2.09. The Morgan fingerprint density at radius 1 is 1.00 bits per heavy atom. The molecule has 2 N–H and O–H groups in total.